The molecule has 2 saturated heterocycles. The lowest BCUT2D eigenvalue weighted by Crippen LogP contribution is -2.52. The van der Waals surface area contributed by atoms with Gasteiger partial charge in [0.25, 0.3) is 0 Å². The van der Waals surface area contributed by atoms with E-state index in [1.54, 1.807) is 0 Å². The van der Waals surface area contributed by atoms with Gasteiger partial charge in [0.15, 0.2) is 11.0 Å². The maximum atomic E-state index is 12.5. The van der Waals surface area contributed by atoms with Gasteiger partial charge in [-0.05, 0) is 53.0 Å². The molecule has 1 aromatic heterocycles. The number of fused-ring (bicyclic) bond motifs is 3. The Balaban J connectivity index is 1.45. The van der Waals surface area contributed by atoms with Crippen molar-refractivity contribution in [2.24, 2.45) is 0 Å². The molecule has 3 aliphatic heterocycles. The molecule has 0 saturated carbocycles. The van der Waals surface area contributed by atoms with Crippen LogP contribution >= 0.6 is 11.6 Å². The summed E-state index contributed by atoms with van der Waals surface area (Å²) in [6, 6.07) is 2.88. The summed E-state index contributed by atoms with van der Waals surface area (Å²) in [6.45, 7) is 14.6. The Hall–Kier alpha value is -1.80. The Kier molecular flexibility index (Phi) is 6.47. The normalized spacial score (nSPS) is 26.0. The average molecular weight is 465 g/mol. The van der Waals surface area contributed by atoms with Gasteiger partial charge in [-0.1, -0.05) is 25.4 Å². The van der Waals surface area contributed by atoms with Crippen LogP contribution in [0, 0.1) is 0 Å². The van der Waals surface area contributed by atoms with E-state index >= 15 is 0 Å². The predicted molar refractivity (Wildman–Crippen MR) is 128 cm³/mol. The van der Waals surface area contributed by atoms with E-state index in [4.69, 9.17) is 16.3 Å². The van der Waals surface area contributed by atoms with Crippen molar-refractivity contribution in [3.63, 3.8) is 0 Å². The van der Waals surface area contributed by atoms with Gasteiger partial charge >= 0.3 is 6.09 Å². The van der Waals surface area contributed by atoms with Crippen molar-refractivity contribution in [1.82, 2.24) is 20.0 Å². The number of nitrogens with one attached hydrogen (secondary N) is 1. The van der Waals surface area contributed by atoms with Crippen molar-refractivity contribution in [3.8, 4) is 0 Å². The number of amides is 1. The van der Waals surface area contributed by atoms with E-state index in [1.807, 2.05) is 31.7 Å². The zero-order valence-electron chi connectivity index (χ0n) is 20.0. The zero-order valence-corrected chi connectivity index (χ0v) is 20.8. The molecule has 2 fully saturated rings. The molecule has 0 bridgehead atoms. The van der Waals surface area contributed by atoms with Crippen LogP contribution in [-0.4, -0.2) is 82.0 Å². The van der Waals surface area contributed by atoms with Gasteiger partial charge < -0.3 is 19.9 Å². The average Bonchev–Trinajstić information content (AvgIpc) is 3.14. The van der Waals surface area contributed by atoms with Gasteiger partial charge in [-0.2, -0.15) is 0 Å². The molecule has 8 nitrogen and oxygen atoms in total. The highest BCUT2D eigenvalue weighted by molar-refractivity contribution is 6.29. The number of likely N-dealkylation sites (tertiary alicyclic amines) is 1. The molecule has 4 rings (SSSR count). The Morgan fingerprint density at radius 3 is 2.62 bits per heavy atom. The molecule has 2 atom stereocenters. The Bertz CT molecular complexity index is 838. The standard InChI is InChI=1S/C23H37ClN6O2/c1-6-23-13-17(14-30(23)18-12-19(24)26-27-20(18)25-15-23)29(7-2)16-8-10-28(11-9-16)21(31)32-22(3,4)5/h12,16-17H,6-11,13-15H2,1-5H3,(H,25,27)/t17-,23-/m1/s1. The predicted octanol–water partition coefficient (Wildman–Crippen LogP) is 4.00. The topological polar surface area (TPSA) is 73.8 Å². The van der Waals surface area contributed by atoms with Crippen LogP contribution in [0.25, 0.3) is 0 Å². The lowest BCUT2D eigenvalue weighted by Gasteiger charge is -2.43. The van der Waals surface area contributed by atoms with Crippen molar-refractivity contribution >= 4 is 29.2 Å². The number of carbonyl (C=O) groups excluding carboxylic acids is 1. The lowest BCUT2D eigenvalue weighted by molar-refractivity contribution is 0.0118. The minimum Gasteiger partial charge on any atom is -0.444 e. The number of piperidine rings is 1. The first kappa shape index (κ1) is 23.4. The summed E-state index contributed by atoms with van der Waals surface area (Å²) in [6.07, 6.45) is 3.94. The quantitative estimate of drug-likeness (QED) is 0.721. The number of likely N-dealkylation sites (N-methyl/N-ethyl adjacent to an activating group) is 1. The van der Waals surface area contributed by atoms with E-state index in [-0.39, 0.29) is 11.6 Å². The maximum Gasteiger partial charge on any atom is 0.410 e. The van der Waals surface area contributed by atoms with Crippen molar-refractivity contribution in [1.29, 1.82) is 0 Å². The van der Waals surface area contributed by atoms with Crippen LogP contribution in [0.4, 0.5) is 16.3 Å². The number of hydrogen-bond acceptors (Lipinski definition) is 7. The number of anilines is 2. The summed E-state index contributed by atoms with van der Waals surface area (Å²) < 4.78 is 5.57. The molecule has 1 amide bonds. The summed E-state index contributed by atoms with van der Waals surface area (Å²) in [5, 5.41) is 12.2. The molecule has 0 aliphatic carbocycles. The lowest BCUT2D eigenvalue weighted by atomic mass is 9.88. The highest BCUT2D eigenvalue weighted by atomic mass is 35.5. The van der Waals surface area contributed by atoms with Crippen molar-refractivity contribution in [3.05, 3.63) is 11.2 Å². The fraction of sp³-hybridized carbons (Fsp3) is 0.783. The van der Waals surface area contributed by atoms with Crippen LogP contribution in [-0.2, 0) is 4.74 Å². The Morgan fingerprint density at radius 1 is 1.28 bits per heavy atom. The minimum atomic E-state index is -0.454. The van der Waals surface area contributed by atoms with Crippen molar-refractivity contribution in [2.75, 3.05) is 42.9 Å². The minimum absolute atomic E-state index is 0.0642. The van der Waals surface area contributed by atoms with Crippen LogP contribution in [0.5, 0.6) is 0 Å². The zero-order chi connectivity index (χ0) is 23.1. The number of nitrogens with zero attached hydrogens (tertiary/aromatic N) is 5. The first-order valence-electron chi connectivity index (χ1n) is 11.9. The highest BCUT2D eigenvalue weighted by Gasteiger charge is 2.50. The number of carbonyl (C=O) groups is 1. The third-order valence-corrected chi connectivity index (χ3v) is 7.46. The summed E-state index contributed by atoms with van der Waals surface area (Å²) in [5.74, 6) is 0.827. The monoisotopic (exact) mass is 464 g/mol. The third kappa shape index (κ3) is 4.49. The highest BCUT2D eigenvalue weighted by Crippen LogP contribution is 2.45. The number of halogens is 1. The summed E-state index contributed by atoms with van der Waals surface area (Å²) in [4.78, 5) is 19.5. The van der Waals surface area contributed by atoms with Crippen LogP contribution in [0.15, 0.2) is 6.07 Å². The molecule has 3 aliphatic rings. The first-order chi connectivity index (χ1) is 15.2. The van der Waals surface area contributed by atoms with Gasteiger partial charge in [-0.15, -0.1) is 10.2 Å². The molecule has 0 spiro atoms. The van der Waals surface area contributed by atoms with Crippen molar-refractivity contribution in [2.45, 2.75) is 83.5 Å². The van der Waals surface area contributed by atoms with E-state index in [0.717, 1.165) is 69.9 Å². The molecule has 0 aromatic carbocycles. The number of hydrogen-bond donors (Lipinski definition) is 1. The first-order valence-corrected chi connectivity index (χ1v) is 12.3. The second-order valence-corrected chi connectivity index (χ2v) is 10.7. The molecular formula is C23H37ClN6O2. The molecule has 0 radical (unpaired) electrons. The maximum absolute atomic E-state index is 12.5. The van der Waals surface area contributed by atoms with Gasteiger partial charge in [0.2, 0.25) is 0 Å². The molecule has 0 unspecified atom stereocenters. The van der Waals surface area contributed by atoms with Crippen LogP contribution in [0.2, 0.25) is 5.15 Å². The molecule has 4 heterocycles. The van der Waals surface area contributed by atoms with Gasteiger partial charge in [0, 0.05) is 44.3 Å². The van der Waals surface area contributed by atoms with Gasteiger partial charge in [-0.25, -0.2) is 4.79 Å². The van der Waals surface area contributed by atoms with Crippen LogP contribution < -0.4 is 10.2 Å². The largest absolute Gasteiger partial charge is 0.444 e. The van der Waals surface area contributed by atoms with Crippen molar-refractivity contribution < 1.29 is 9.53 Å². The summed E-state index contributed by atoms with van der Waals surface area (Å²) in [7, 11) is 0. The third-order valence-electron chi connectivity index (χ3n) is 7.28. The fourth-order valence-corrected chi connectivity index (χ4v) is 5.82. The van der Waals surface area contributed by atoms with Gasteiger partial charge in [0.1, 0.15) is 5.60 Å². The van der Waals surface area contributed by atoms with Crippen LogP contribution in [0.3, 0.4) is 0 Å². The second-order valence-electron chi connectivity index (χ2n) is 10.3. The van der Waals surface area contributed by atoms with Gasteiger partial charge in [0.05, 0.1) is 11.2 Å². The Labute approximate surface area is 196 Å². The number of aromatic nitrogens is 2. The molecule has 1 N–H and O–H groups in total. The number of ether oxygens (including phenoxy) is 1. The van der Waals surface area contributed by atoms with E-state index < -0.39 is 5.60 Å². The molecule has 9 heteroatoms. The fourth-order valence-electron chi connectivity index (χ4n) is 5.68. The molecule has 32 heavy (non-hydrogen) atoms. The van der Waals surface area contributed by atoms with Gasteiger partial charge in [-0.3, -0.25) is 4.90 Å². The second kappa shape index (κ2) is 8.86. The van der Waals surface area contributed by atoms with E-state index in [2.05, 4.69) is 39.2 Å². The number of rotatable bonds is 4. The smallest absolute Gasteiger partial charge is 0.410 e. The van der Waals surface area contributed by atoms with E-state index in [1.165, 1.54) is 0 Å². The van der Waals surface area contributed by atoms with Crippen LogP contribution in [0.1, 0.15) is 60.3 Å². The Morgan fingerprint density at radius 2 is 2.00 bits per heavy atom. The summed E-state index contributed by atoms with van der Waals surface area (Å²) in [5.41, 5.74) is 0.676. The SMILES string of the molecule is CCN(C1CCN(C(=O)OC(C)(C)C)CC1)[C@H]1CN2c3cc(Cl)nnc3NC[C@@]2(CC)C1. The molecule has 1 aromatic rings. The summed E-state index contributed by atoms with van der Waals surface area (Å²) >= 11 is 6.20. The van der Waals surface area contributed by atoms with E-state index in [0.29, 0.717) is 17.2 Å². The molecular weight excluding hydrogens is 428 g/mol. The molecule has 178 valence electrons. The van der Waals surface area contributed by atoms with E-state index in [9.17, 15) is 4.79 Å².